The van der Waals surface area contributed by atoms with E-state index < -0.39 is 6.10 Å². The first-order valence-electron chi connectivity index (χ1n) is 8.36. The molecule has 0 radical (unpaired) electrons. The number of amides is 2. The Morgan fingerprint density at radius 2 is 1.21 bits per heavy atom. The SMILES string of the molecule is O=C(CCl)Nc1ccccc1SCC(O)CSc1ccccc1NC(=O)CCl. The van der Waals surface area contributed by atoms with E-state index in [4.69, 9.17) is 23.2 Å². The van der Waals surface area contributed by atoms with Crippen molar-refractivity contribution < 1.29 is 14.7 Å². The van der Waals surface area contributed by atoms with Gasteiger partial charge in [-0.3, -0.25) is 9.59 Å². The van der Waals surface area contributed by atoms with E-state index in [-0.39, 0.29) is 23.6 Å². The van der Waals surface area contributed by atoms with Crippen LogP contribution < -0.4 is 10.6 Å². The van der Waals surface area contributed by atoms with Crippen molar-refractivity contribution in [1.29, 1.82) is 0 Å². The van der Waals surface area contributed by atoms with Crippen molar-refractivity contribution in [2.75, 3.05) is 33.9 Å². The molecule has 2 rings (SSSR count). The Hall–Kier alpha value is -1.38. The van der Waals surface area contributed by atoms with Crippen LogP contribution in [-0.4, -0.2) is 46.3 Å². The normalized spacial score (nSPS) is 10.7. The number of carbonyl (C=O) groups is 2. The summed E-state index contributed by atoms with van der Waals surface area (Å²) in [6, 6.07) is 14.7. The largest absolute Gasteiger partial charge is 0.391 e. The van der Waals surface area contributed by atoms with Gasteiger partial charge < -0.3 is 15.7 Å². The molecule has 9 heteroatoms. The van der Waals surface area contributed by atoms with Gasteiger partial charge in [0.15, 0.2) is 0 Å². The predicted molar refractivity (Wildman–Crippen MR) is 119 cm³/mol. The topological polar surface area (TPSA) is 78.4 Å². The monoisotopic (exact) mass is 458 g/mol. The Bertz CT molecular complexity index is 743. The molecule has 2 amide bonds. The minimum absolute atomic E-state index is 0.113. The molecule has 0 bridgehead atoms. The maximum atomic E-state index is 11.5. The van der Waals surface area contributed by atoms with Crippen molar-refractivity contribution >= 4 is 69.9 Å². The van der Waals surface area contributed by atoms with Crippen molar-refractivity contribution in [3.63, 3.8) is 0 Å². The van der Waals surface area contributed by atoms with Gasteiger partial charge in [0.25, 0.3) is 0 Å². The lowest BCUT2D eigenvalue weighted by Crippen LogP contribution is -2.16. The number of hydrogen-bond donors (Lipinski definition) is 3. The van der Waals surface area contributed by atoms with Crippen molar-refractivity contribution in [1.82, 2.24) is 0 Å². The van der Waals surface area contributed by atoms with Crippen LogP contribution in [0.2, 0.25) is 0 Å². The van der Waals surface area contributed by atoms with Gasteiger partial charge in [-0.25, -0.2) is 0 Å². The highest BCUT2D eigenvalue weighted by molar-refractivity contribution is 8.00. The molecule has 0 heterocycles. The predicted octanol–water partition coefficient (Wildman–Crippen LogP) is 4.29. The number of carbonyl (C=O) groups excluding carboxylic acids is 2. The van der Waals surface area contributed by atoms with E-state index >= 15 is 0 Å². The standard InChI is InChI=1S/C19H20Cl2N2O3S2/c20-9-18(25)22-14-5-1-3-7-16(14)27-11-13(24)12-28-17-8-4-2-6-15(17)23-19(26)10-21/h1-8,13,24H,9-12H2,(H,22,25)(H,23,26). The summed E-state index contributed by atoms with van der Waals surface area (Å²) in [7, 11) is 0. The molecule has 0 aliphatic carbocycles. The molecule has 0 spiro atoms. The summed E-state index contributed by atoms with van der Waals surface area (Å²) in [6.07, 6.45) is -0.580. The van der Waals surface area contributed by atoms with Crippen LogP contribution in [0.3, 0.4) is 0 Å². The Morgan fingerprint density at radius 1 is 0.821 bits per heavy atom. The number of aliphatic hydroxyl groups is 1. The van der Waals surface area contributed by atoms with Gasteiger partial charge in [-0.1, -0.05) is 24.3 Å². The molecular weight excluding hydrogens is 439 g/mol. The molecule has 5 nitrogen and oxygen atoms in total. The van der Waals surface area contributed by atoms with Crippen LogP contribution in [0.25, 0.3) is 0 Å². The van der Waals surface area contributed by atoms with Gasteiger partial charge in [0.05, 0.1) is 17.5 Å². The molecule has 0 aliphatic rings. The van der Waals surface area contributed by atoms with Gasteiger partial charge in [0.2, 0.25) is 11.8 Å². The summed E-state index contributed by atoms with van der Waals surface area (Å²) < 4.78 is 0. The Morgan fingerprint density at radius 3 is 1.61 bits per heavy atom. The number of thioether (sulfide) groups is 2. The quantitative estimate of drug-likeness (QED) is 0.365. The second kappa shape index (κ2) is 12.2. The van der Waals surface area contributed by atoms with Crippen LogP contribution in [0, 0.1) is 0 Å². The fraction of sp³-hybridized carbons (Fsp3) is 0.263. The first-order valence-corrected chi connectivity index (χ1v) is 11.4. The Balaban J connectivity index is 1.90. The number of hydrogen-bond acceptors (Lipinski definition) is 5. The summed E-state index contributed by atoms with van der Waals surface area (Å²) in [5.74, 6) is 0.131. The lowest BCUT2D eigenvalue weighted by molar-refractivity contribution is -0.114. The van der Waals surface area contributed by atoms with Gasteiger partial charge >= 0.3 is 0 Å². The van der Waals surface area contributed by atoms with Crippen molar-refractivity contribution in [2.24, 2.45) is 0 Å². The first-order chi connectivity index (χ1) is 13.5. The molecule has 28 heavy (non-hydrogen) atoms. The highest BCUT2D eigenvalue weighted by Gasteiger charge is 2.12. The second-order valence-corrected chi connectivity index (χ2v) is 8.29. The molecule has 0 saturated heterocycles. The smallest absolute Gasteiger partial charge is 0.239 e. The van der Waals surface area contributed by atoms with E-state index in [0.29, 0.717) is 22.9 Å². The van der Waals surface area contributed by atoms with Crippen LogP contribution in [0.15, 0.2) is 58.3 Å². The zero-order chi connectivity index (χ0) is 20.4. The van der Waals surface area contributed by atoms with E-state index in [1.54, 1.807) is 12.1 Å². The van der Waals surface area contributed by atoms with Crippen LogP contribution in [-0.2, 0) is 9.59 Å². The third-order valence-corrected chi connectivity index (χ3v) is 6.35. The maximum Gasteiger partial charge on any atom is 0.239 e. The first kappa shape index (κ1) is 22.9. The van der Waals surface area contributed by atoms with Gasteiger partial charge in [-0.2, -0.15) is 0 Å². The average molecular weight is 459 g/mol. The van der Waals surface area contributed by atoms with Crippen LogP contribution in [0.4, 0.5) is 11.4 Å². The zero-order valence-electron chi connectivity index (χ0n) is 14.9. The fourth-order valence-corrected chi connectivity index (χ4v) is 4.34. The Kier molecular flexibility index (Phi) is 10.0. The molecule has 0 atom stereocenters. The van der Waals surface area contributed by atoms with E-state index in [1.165, 1.54) is 23.5 Å². The summed E-state index contributed by atoms with van der Waals surface area (Å²) in [6.45, 7) is 0. The molecule has 0 unspecified atom stereocenters. The lowest BCUT2D eigenvalue weighted by atomic mass is 10.3. The van der Waals surface area contributed by atoms with Crippen LogP contribution >= 0.6 is 46.7 Å². The van der Waals surface area contributed by atoms with Crippen LogP contribution in [0.5, 0.6) is 0 Å². The highest BCUT2D eigenvalue weighted by atomic mass is 35.5. The molecule has 2 aromatic carbocycles. The minimum Gasteiger partial charge on any atom is -0.391 e. The van der Waals surface area contributed by atoms with Gasteiger partial charge in [0.1, 0.15) is 11.8 Å². The van der Waals surface area contributed by atoms with Gasteiger partial charge in [-0.15, -0.1) is 46.7 Å². The van der Waals surface area contributed by atoms with E-state index in [9.17, 15) is 14.7 Å². The summed E-state index contributed by atoms with van der Waals surface area (Å²) in [5.41, 5.74) is 1.35. The number of halogens is 2. The number of alkyl halides is 2. The number of aliphatic hydroxyl groups excluding tert-OH is 1. The summed E-state index contributed by atoms with van der Waals surface area (Å²) >= 11 is 14.0. The molecule has 150 valence electrons. The number of para-hydroxylation sites is 2. The number of anilines is 2. The molecule has 0 fully saturated rings. The van der Waals surface area contributed by atoms with Gasteiger partial charge in [-0.05, 0) is 24.3 Å². The van der Waals surface area contributed by atoms with E-state index in [1.807, 2.05) is 36.4 Å². The van der Waals surface area contributed by atoms with Crippen molar-refractivity contribution in [3.8, 4) is 0 Å². The summed E-state index contributed by atoms with van der Waals surface area (Å²) in [5, 5.41) is 15.8. The summed E-state index contributed by atoms with van der Waals surface area (Å²) in [4.78, 5) is 24.8. The second-order valence-electron chi connectivity index (χ2n) is 5.63. The molecule has 0 aliphatic heterocycles. The molecule has 0 aromatic heterocycles. The van der Waals surface area contributed by atoms with Crippen molar-refractivity contribution in [2.45, 2.75) is 15.9 Å². The van der Waals surface area contributed by atoms with Gasteiger partial charge in [0, 0.05) is 21.3 Å². The highest BCUT2D eigenvalue weighted by Crippen LogP contribution is 2.31. The zero-order valence-corrected chi connectivity index (χ0v) is 18.0. The average Bonchev–Trinajstić information content (AvgIpc) is 2.72. The Labute approximate surface area is 182 Å². The number of nitrogens with one attached hydrogen (secondary N) is 2. The van der Waals surface area contributed by atoms with E-state index in [0.717, 1.165) is 9.79 Å². The van der Waals surface area contributed by atoms with Crippen molar-refractivity contribution in [3.05, 3.63) is 48.5 Å². The minimum atomic E-state index is -0.580. The molecule has 3 N–H and O–H groups in total. The molecule has 0 saturated carbocycles. The third-order valence-electron chi connectivity index (χ3n) is 3.43. The van der Waals surface area contributed by atoms with Crippen LogP contribution in [0.1, 0.15) is 0 Å². The molecular formula is C19H20Cl2N2O3S2. The number of benzene rings is 2. The maximum absolute atomic E-state index is 11.5. The lowest BCUT2D eigenvalue weighted by Gasteiger charge is -2.14. The number of rotatable bonds is 10. The third kappa shape index (κ3) is 7.56. The fourth-order valence-electron chi connectivity index (χ4n) is 2.18. The van der Waals surface area contributed by atoms with E-state index in [2.05, 4.69) is 10.6 Å². The molecule has 2 aromatic rings.